The topological polar surface area (TPSA) is 46.6 Å². The van der Waals surface area contributed by atoms with Crippen molar-refractivity contribution < 1.29 is 14.3 Å². The molecular formula is C22H21NO3. The highest BCUT2D eigenvalue weighted by atomic mass is 16.5. The molecule has 2 aromatic rings. The summed E-state index contributed by atoms with van der Waals surface area (Å²) in [5.41, 5.74) is 4.96. The normalized spacial score (nSPS) is 15.8. The van der Waals surface area contributed by atoms with Crippen molar-refractivity contribution in [1.82, 2.24) is 0 Å². The van der Waals surface area contributed by atoms with E-state index in [0.29, 0.717) is 16.8 Å². The van der Waals surface area contributed by atoms with Crippen LogP contribution >= 0.6 is 0 Å². The summed E-state index contributed by atoms with van der Waals surface area (Å²) >= 11 is 0. The zero-order valence-electron chi connectivity index (χ0n) is 15.4. The molecule has 2 aromatic carbocycles. The van der Waals surface area contributed by atoms with Gasteiger partial charge in [0, 0.05) is 11.4 Å². The van der Waals surface area contributed by atoms with E-state index in [0.717, 1.165) is 22.4 Å². The number of anilines is 1. The number of carbonyl (C=O) groups is 2. The first-order chi connectivity index (χ1) is 12.4. The van der Waals surface area contributed by atoms with Crippen molar-refractivity contribution in [1.29, 1.82) is 0 Å². The fraction of sp³-hybridized carbons (Fsp3) is 0.182. The van der Waals surface area contributed by atoms with Crippen molar-refractivity contribution in [3.8, 4) is 0 Å². The van der Waals surface area contributed by atoms with Crippen LogP contribution in [0, 0.1) is 13.8 Å². The number of allylic oxidation sites excluding steroid dienone is 1. The van der Waals surface area contributed by atoms with Gasteiger partial charge in [0.25, 0.3) is 5.91 Å². The monoisotopic (exact) mass is 347 g/mol. The molecule has 0 fully saturated rings. The van der Waals surface area contributed by atoms with Crippen molar-refractivity contribution in [3.05, 3.63) is 82.1 Å². The molecule has 0 saturated carbocycles. The molecule has 4 heteroatoms. The number of ether oxygens (including phenoxy) is 1. The van der Waals surface area contributed by atoms with Gasteiger partial charge in [0.2, 0.25) is 0 Å². The lowest BCUT2D eigenvalue weighted by molar-refractivity contribution is -0.136. The van der Waals surface area contributed by atoms with E-state index >= 15 is 0 Å². The molecule has 1 heterocycles. The first-order valence-corrected chi connectivity index (χ1v) is 8.41. The predicted octanol–water partition coefficient (Wildman–Crippen LogP) is 4.18. The Labute approximate surface area is 153 Å². The second kappa shape index (κ2) is 7.00. The molecule has 26 heavy (non-hydrogen) atoms. The minimum Gasteiger partial charge on any atom is -0.465 e. The Kier molecular flexibility index (Phi) is 4.76. The van der Waals surface area contributed by atoms with E-state index in [-0.39, 0.29) is 5.91 Å². The van der Waals surface area contributed by atoms with Gasteiger partial charge in [0.1, 0.15) is 0 Å². The van der Waals surface area contributed by atoms with Gasteiger partial charge in [-0.3, -0.25) is 9.69 Å². The third-order valence-electron chi connectivity index (χ3n) is 4.40. The second-order valence-electron chi connectivity index (χ2n) is 6.40. The molecule has 0 aromatic heterocycles. The van der Waals surface area contributed by atoms with Crippen LogP contribution in [0.1, 0.15) is 23.6 Å². The van der Waals surface area contributed by atoms with Gasteiger partial charge in [0.05, 0.1) is 18.3 Å². The van der Waals surface area contributed by atoms with E-state index in [4.69, 9.17) is 4.74 Å². The van der Waals surface area contributed by atoms with Gasteiger partial charge in [-0.05, 0) is 50.1 Å². The number of hydrogen-bond donors (Lipinski definition) is 0. The van der Waals surface area contributed by atoms with Crippen LogP contribution in [0.2, 0.25) is 0 Å². The molecule has 0 N–H and O–H groups in total. The van der Waals surface area contributed by atoms with Crippen molar-refractivity contribution in [2.24, 2.45) is 0 Å². The van der Waals surface area contributed by atoms with Crippen molar-refractivity contribution in [3.63, 3.8) is 0 Å². The van der Waals surface area contributed by atoms with Gasteiger partial charge in [-0.2, -0.15) is 0 Å². The average molecular weight is 347 g/mol. The molecule has 0 radical (unpaired) electrons. The number of esters is 1. The molecular weight excluding hydrogens is 326 g/mol. The number of rotatable bonds is 3. The quantitative estimate of drug-likeness (QED) is 0.618. The Morgan fingerprint density at radius 2 is 1.65 bits per heavy atom. The molecule has 0 unspecified atom stereocenters. The van der Waals surface area contributed by atoms with Crippen LogP contribution in [-0.2, 0) is 14.3 Å². The summed E-state index contributed by atoms with van der Waals surface area (Å²) in [4.78, 5) is 27.1. The molecule has 0 bridgehead atoms. The maximum atomic E-state index is 13.2. The van der Waals surface area contributed by atoms with Crippen LogP contribution in [0.5, 0.6) is 0 Å². The van der Waals surface area contributed by atoms with Gasteiger partial charge >= 0.3 is 5.97 Å². The zero-order valence-corrected chi connectivity index (χ0v) is 15.4. The molecule has 0 aliphatic carbocycles. The van der Waals surface area contributed by atoms with Gasteiger partial charge < -0.3 is 4.74 Å². The van der Waals surface area contributed by atoms with Crippen LogP contribution < -0.4 is 4.90 Å². The number of aryl methyl sites for hydroxylation is 2. The van der Waals surface area contributed by atoms with Crippen molar-refractivity contribution >= 4 is 23.6 Å². The second-order valence-corrected chi connectivity index (χ2v) is 6.40. The summed E-state index contributed by atoms with van der Waals surface area (Å²) in [5, 5.41) is 0. The van der Waals surface area contributed by atoms with E-state index in [2.05, 4.69) is 0 Å². The van der Waals surface area contributed by atoms with Crippen molar-refractivity contribution in [2.75, 3.05) is 12.0 Å². The maximum absolute atomic E-state index is 13.2. The number of amides is 1. The fourth-order valence-electron chi connectivity index (χ4n) is 3.18. The summed E-state index contributed by atoms with van der Waals surface area (Å²) in [7, 11) is 1.33. The summed E-state index contributed by atoms with van der Waals surface area (Å²) in [5.74, 6) is -0.736. The Morgan fingerprint density at radius 1 is 1.00 bits per heavy atom. The number of benzene rings is 2. The summed E-state index contributed by atoms with van der Waals surface area (Å²) in [6.07, 6.45) is 1.75. The molecule has 1 amide bonds. The molecule has 1 aliphatic heterocycles. The highest BCUT2D eigenvalue weighted by Gasteiger charge is 2.37. The third kappa shape index (κ3) is 3.18. The minimum atomic E-state index is -0.509. The molecule has 3 rings (SSSR count). The molecule has 1 aliphatic rings. The fourth-order valence-corrected chi connectivity index (χ4v) is 3.18. The lowest BCUT2D eigenvalue weighted by Gasteiger charge is -2.18. The molecule has 0 saturated heterocycles. The highest BCUT2D eigenvalue weighted by Crippen LogP contribution is 2.35. The Bertz CT molecular complexity index is 953. The Morgan fingerprint density at radius 3 is 2.27 bits per heavy atom. The smallest absolute Gasteiger partial charge is 0.340 e. The standard InChI is InChI=1S/C22H21NO3/c1-14-7-5-9-17(11-14)13-19-20(22(25)26-4)16(3)23(21(19)24)18-10-6-8-15(2)12-18/h5-13H,1-4H3/b19-13-. The third-order valence-corrected chi connectivity index (χ3v) is 4.40. The number of nitrogens with zero attached hydrogens (tertiary/aromatic N) is 1. The zero-order chi connectivity index (χ0) is 18.8. The van der Waals surface area contributed by atoms with Crippen LogP contribution in [-0.4, -0.2) is 19.0 Å². The van der Waals surface area contributed by atoms with Crippen LogP contribution in [0.3, 0.4) is 0 Å². The van der Waals surface area contributed by atoms with E-state index < -0.39 is 5.97 Å². The highest BCUT2D eigenvalue weighted by molar-refractivity contribution is 6.23. The molecule has 0 atom stereocenters. The summed E-state index contributed by atoms with van der Waals surface area (Å²) < 4.78 is 4.94. The predicted molar refractivity (Wildman–Crippen MR) is 103 cm³/mol. The van der Waals surface area contributed by atoms with Crippen LogP contribution in [0.25, 0.3) is 6.08 Å². The molecule has 132 valence electrons. The van der Waals surface area contributed by atoms with Crippen molar-refractivity contribution in [2.45, 2.75) is 20.8 Å². The number of hydrogen-bond acceptors (Lipinski definition) is 3. The molecule has 4 nitrogen and oxygen atoms in total. The van der Waals surface area contributed by atoms with E-state index in [1.807, 2.05) is 62.4 Å². The average Bonchev–Trinajstić information content (AvgIpc) is 2.84. The van der Waals surface area contributed by atoms with E-state index in [1.54, 1.807) is 17.9 Å². The maximum Gasteiger partial charge on any atom is 0.340 e. The molecule has 0 spiro atoms. The first-order valence-electron chi connectivity index (χ1n) is 8.41. The van der Waals surface area contributed by atoms with Gasteiger partial charge in [0.15, 0.2) is 0 Å². The van der Waals surface area contributed by atoms with Crippen LogP contribution in [0.4, 0.5) is 5.69 Å². The van der Waals surface area contributed by atoms with E-state index in [1.165, 1.54) is 7.11 Å². The van der Waals surface area contributed by atoms with Gasteiger partial charge in [-0.1, -0.05) is 42.0 Å². The van der Waals surface area contributed by atoms with Crippen LogP contribution in [0.15, 0.2) is 65.4 Å². The lowest BCUT2D eigenvalue weighted by atomic mass is 10.0. The first kappa shape index (κ1) is 17.7. The minimum absolute atomic E-state index is 0.227. The van der Waals surface area contributed by atoms with E-state index in [9.17, 15) is 9.59 Å². The summed E-state index contributed by atoms with van der Waals surface area (Å²) in [6.45, 7) is 5.72. The SMILES string of the molecule is COC(=O)C1=C(C)N(c2cccc(C)c2)C(=O)/C1=C\c1cccc(C)c1. The Balaban J connectivity index is 2.15. The largest absolute Gasteiger partial charge is 0.465 e. The lowest BCUT2D eigenvalue weighted by Crippen LogP contribution is -2.24. The number of carbonyl (C=O) groups excluding carboxylic acids is 2. The number of methoxy groups -OCH3 is 1. The Hall–Kier alpha value is -3.14. The van der Waals surface area contributed by atoms with Gasteiger partial charge in [-0.25, -0.2) is 4.79 Å². The summed E-state index contributed by atoms with van der Waals surface area (Å²) in [6, 6.07) is 15.4. The van der Waals surface area contributed by atoms with Gasteiger partial charge in [-0.15, -0.1) is 0 Å².